The van der Waals surface area contributed by atoms with Crippen molar-refractivity contribution in [1.82, 2.24) is 4.90 Å². The maximum atomic E-state index is 11.7. The van der Waals surface area contributed by atoms with Gasteiger partial charge in [0.2, 0.25) is 5.91 Å². The van der Waals surface area contributed by atoms with E-state index < -0.39 is 6.09 Å². The first kappa shape index (κ1) is 11.0. The summed E-state index contributed by atoms with van der Waals surface area (Å²) < 4.78 is 4.49. The van der Waals surface area contributed by atoms with Gasteiger partial charge >= 0.3 is 6.09 Å². The van der Waals surface area contributed by atoms with Crippen LogP contribution >= 0.6 is 0 Å². The fraction of sp³-hybridized carbons (Fsp3) is 0.800. The van der Waals surface area contributed by atoms with E-state index in [0.717, 1.165) is 30.6 Å². The van der Waals surface area contributed by atoms with Gasteiger partial charge in [0.15, 0.2) is 0 Å². The third-order valence-corrected chi connectivity index (χ3v) is 2.73. The number of amides is 2. The topological polar surface area (TPSA) is 46.6 Å². The molecule has 80 valence electrons. The maximum absolute atomic E-state index is 11.7. The fourth-order valence-electron chi connectivity index (χ4n) is 1.85. The zero-order valence-corrected chi connectivity index (χ0v) is 8.78. The van der Waals surface area contributed by atoms with Crippen LogP contribution in [0.25, 0.3) is 0 Å². The van der Waals surface area contributed by atoms with Gasteiger partial charge in [-0.2, -0.15) is 0 Å². The monoisotopic (exact) mass is 199 g/mol. The number of carbonyl (C=O) groups excluding carboxylic acids is 2. The minimum atomic E-state index is -0.569. The predicted octanol–water partition coefficient (Wildman–Crippen LogP) is 1.79. The van der Waals surface area contributed by atoms with E-state index in [1.165, 1.54) is 20.6 Å². The lowest BCUT2D eigenvalue weighted by Crippen LogP contribution is -2.38. The van der Waals surface area contributed by atoms with E-state index in [1.54, 1.807) is 0 Å². The smallest absolute Gasteiger partial charge is 0.415 e. The summed E-state index contributed by atoms with van der Waals surface area (Å²) in [7, 11) is 2.76. The van der Waals surface area contributed by atoms with Crippen molar-refractivity contribution in [3.8, 4) is 0 Å². The van der Waals surface area contributed by atoms with Gasteiger partial charge < -0.3 is 4.74 Å². The molecule has 1 fully saturated rings. The second-order valence-corrected chi connectivity index (χ2v) is 3.70. The Kier molecular flexibility index (Phi) is 3.92. The highest BCUT2D eigenvalue weighted by Gasteiger charge is 2.27. The van der Waals surface area contributed by atoms with Gasteiger partial charge in [-0.3, -0.25) is 9.69 Å². The Morgan fingerprint density at radius 1 is 1.21 bits per heavy atom. The second-order valence-electron chi connectivity index (χ2n) is 3.70. The lowest BCUT2D eigenvalue weighted by atomic mass is 9.88. The van der Waals surface area contributed by atoms with E-state index in [1.807, 2.05) is 0 Å². The Hall–Kier alpha value is -1.06. The van der Waals surface area contributed by atoms with Crippen molar-refractivity contribution >= 4 is 12.0 Å². The molecular formula is C10H17NO3. The molecule has 4 nitrogen and oxygen atoms in total. The fourth-order valence-corrected chi connectivity index (χ4v) is 1.85. The molecule has 0 spiro atoms. The highest BCUT2D eigenvalue weighted by molar-refractivity contribution is 5.92. The van der Waals surface area contributed by atoms with Crippen molar-refractivity contribution in [1.29, 1.82) is 0 Å². The van der Waals surface area contributed by atoms with Gasteiger partial charge in [0, 0.05) is 13.0 Å². The zero-order chi connectivity index (χ0) is 10.6. The van der Waals surface area contributed by atoms with Crippen molar-refractivity contribution < 1.29 is 14.3 Å². The minimum Gasteiger partial charge on any atom is -0.452 e. The normalized spacial score (nSPS) is 17.6. The van der Waals surface area contributed by atoms with E-state index in [2.05, 4.69) is 4.74 Å². The van der Waals surface area contributed by atoms with Gasteiger partial charge in [-0.05, 0) is 12.8 Å². The molecule has 4 heteroatoms. The summed E-state index contributed by atoms with van der Waals surface area (Å²) in [6, 6.07) is 0. The van der Waals surface area contributed by atoms with Crippen molar-refractivity contribution in [2.75, 3.05) is 14.2 Å². The largest absolute Gasteiger partial charge is 0.452 e. The quantitative estimate of drug-likeness (QED) is 0.646. The molecule has 0 atom stereocenters. The maximum Gasteiger partial charge on any atom is 0.415 e. The van der Waals surface area contributed by atoms with E-state index >= 15 is 0 Å². The molecule has 0 N–H and O–H groups in total. The van der Waals surface area contributed by atoms with Gasteiger partial charge in [0.05, 0.1) is 7.11 Å². The van der Waals surface area contributed by atoms with E-state index in [9.17, 15) is 9.59 Å². The first-order valence-corrected chi connectivity index (χ1v) is 5.02. The summed E-state index contributed by atoms with van der Waals surface area (Å²) in [6.07, 6.45) is 4.61. The van der Waals surface area contributed by atoms with Crippen molar-refractivity contribution in [2.45, 2.75) is 32.1 Å². The molecule has 1 rings (SSSR count). The van der Waals surface area contributed by atoms with Gasteiger partial charge in [0.25, 0.3) is 0 Å². The Morgan fingerprint density at radius 3 is 2.29 bits per heavy atom. The molecule has 1 saturated carbocycles. The van der Waals surface area contributed by atoms with Crippen molar-refractivity contribution in [3.05, 3.63) is 0 Å². The Bertz CT molecular complexity index is 221. The minimum absolute atomic E-state index is 0.0212. The van der Waals surface area contributed by atoms with Crippen LogP contribution in [0, 0.1) is 5.92 Å². The summed E-state index contributed by atoms with van der Waals surface area (Å²) in [6.45, 7) is 0. The predicted molar refractivity (Wildman–Crippen MR) is 51.8 cm³/mol. The van der Waals surface area contributed by atoms with Crippen molar-refractivity contribution in [3.63, 3.8) is 0 Å². The van der Waals surface area contributed by atoms with E-state index in [0.29, 0.717) is 0 Å². The first-order valence-electron chi connectivity index (χ1n) is 5.02. The number of imide groups is 1. The Morgan fingerprint density at radius 2 is 1.79 bits per heavy atom. The third kappa shape index (κ3) is 2.47. The molecule has 0 aromatic rings. The molecule has 0 aromatic heterocycles. The number of rotatable bonds is 1. The number of nitrogens with zero attached hydrogens (tertiary/aromatic N) is 1. The molecule has 1 aliphatic carbocycles. The zero-order valence-electron chi connectivity index (χ0n) is 8.78. The number of hydrogen-bond donors (Lipinski definition) is 0. The average molecular weight is 199 g/mol. The summed E-state index contributed by atoms with van der Waals surface area (Å²) in [4.78, 5) is 23.9. The van der Waals surface area contributed by atoms with Gasteiger partial charge in [-0.1, -0.05) is 19.3 Å². The van der Waals surface area contributed by atoms with Crippen LogP contribution in [-0.2, 0) is 9.53 Å². The molecule has 0 heterocycles. The molecular weight excluding hydrogens is 182 g/mol. The Balaban J connectivity index is 2.50. The van der Waals surface area contributed by atoms with Gasteiger partial charge in [0.1, 0.15) is 0 Å². The molecule has 1 aliphatic rings. The third-order valence-electron chi connectivity index (χ3n) is 2.73. The Labute approximate surface area is 84.2 Å². The van der Waals surface area contributed by atoms with Crippen LogP contribution in [0.15, 0.2) is 0 Å². The van der Waals surface area contributed by atoms with Crippen molar-refractivity contribution in [2.24, 2.45) is 5.92 Å². The molecule has 0 bridgehead atoms. The molecule has 0 unspecified atom stereocenters. The number of ether oxygens (including phenoxy) is 1. The molecule has 0 aliphatic heterocycles. The first-order chi connectivity index (χ1) is 6.66. The summed E-state index contributed by atoms with van der Waals surface area (Å²) in [5, 5.41) is 0. The average Bonchev–Trinajstić information content (AvgIpc) is 2.27. The van der Waals surface area contributed by atoms with Crippen LogP contribution in [0.3, 0.4) is 0 Å². The molecule has 0 aromatic carbocycles. The molecule has 0 radical (unpaired) electrons. The van der Waals surface area contributed by atoms with Gasteiger partial charge in [-0.15, -0.1) is 0 Å². The van der Waals surface area contributed by atoms with Crippen LogP contribution < -0.4 is 0 Å². The number of hydrogen-bond acceptors (Lipinski definition) is 3. The lowest BCUT2D eigenvalue weighted by molar-refractivity contribution is -0.133. The van der Waals surface area contributed by atoms with Crippen LogP contribution in [0.2, 0.25) is 0 Å². The lowest BCUT2D eigenvalue weighted by Gasteiger charge is -2.24. The summed E-state index contributed by atoms with van der Waals surface area (Å²) in [5.74, 6) is -0.0793. The number of carbonyl (C=O) groups is 2. The number of methoxy groups -OCH3 is 1. The van der Waals surface area contributed by atoms with E-state index in [4.69, 9.17) is 0 Å². The standard InChI is InChI=1S/C10H17NO3/c1-11(10(13)14-2)9(12)8-6-4-3-5-7-8/h8H,3-7H2,1-2H3. The highest BCUT2D eigenvalue weighted by Crippen LogP contribution is 2.25. The van der Waals surface area contributed by atoms with Crippen LogP contribution in [-0.4, -0.2) is 31.1 Å². The van der Waals surface area contributed by atoms with Crippen LogP contribution in [0.1, 0.15) is 32.1 Å². The highest BCUT2D eigenvalue weighted by atomic mass is 16.5. The molecule has 14 heavy (non-hydrogen) atoms. The summed E-state index contributed by atoms with van der Waals surface area (Å²) in [5.41, 5.74) is 0. The van der Waals surface area contributed by atoms with Crippen LogP contribution in [0.5, 0.6) is 0 Å². The molecule has 2 amide bonds. The summed E-state index contributed by atoms with van der Waals surface area (Å²) >= 11 is 0. The second kappa shape index (κ2) is 4.98. The SMILES string of the molecule is COC(=O)N(C)C(=O)C1CCCCC1. The van der Waals surface area contributed by atoms with Gasteiger partial charge in [-0.25, -0.2) is 4.79 Å². The van der Waals surface area contributed by atoms with Crippen LogP contribution in [0.4, 0.5) is 4.79 Å². The molecule has 0 saturated heterocycles. The van der Waals surface area contributed by atoms with E-state index in [-0.39, 0.29) is 11.8 Å².